The van der Waals surface area contributed by atoms with Crippen LogP contribution in [0.2, 0.25) is 0 Å². The summed E-state index contributed by atoms with van der Waals surface area (Å²) >= 11 is 0. The average molecular weight is 331 g/mol. The first-order valence-electron chi connectivity index (χ1n) is 8.74. The molecule has 0 saturated carbocycles. The van der Waals surface area contributed by atoms with Crippen LogP contribution in [0.5, 0.6) is 0 Å². The summed E-state index contributed by atoms with van der Waals surface area (Å²) < 4.78 is 0. The lowest BCUT2D eigenvalue weighted by Gasteiger charge is -2.27. The molecular weight excluding hydrogens is 302 g/mol. The monoisotopic (exact) mass is 331 g/mol. The second-order valence-electron chi connectivity index (χ2n) is 6.91. The Morgan fingerprint density at radius 2 is 2.00 bits per heavy atom. The highest BCUT2D eigenvalue weighted by atomic mass is 16.2. The summed E-state index contributed by atoms with van der Waals surface area (Å²) in [7, 11) is 0. The summed E-state index contributed by atoms with van der Waals surface area (Å²) in [4.78, 5) is 26.6. The van der Waals surface area contributed by atoms with Gasteiger partial charge in [0, 0.05) is 30.7 Å². The van der Waals surface area contributed by atoms with Crippen molar-refractivity contribution in [2.24, 2.45) is 11.7 Å². The Morgan fingerprint density at radius 1 is 1.33 bits per heavy atom. The zero-order valence-corrected chi connectivity index (χ0v) is 15.2. The lowest BCUT2D eigenvalue weighted by atomic mass is 9.94. The van der Waals surface area contributed by atoms with E-state index in [1.165, 1.54) is 0 Å². The van der Waals surface area contributed by atoms with E-state index in [0.717, 1.165) is 29.7 Å². The molecule has 2 rings (SSSR count). The molecule has 0 radical (unpaired) electrons. The number of nitrogens with two attached hydrogens (primary N) is 1. The normalized spacial score (nSPS) is 18.1. The number of amides is 2. The summed E-state index contributed by atoms with van der Waals surface area (Å²) in [6, 6.07) is 5.92. The molecule has 1 aliphatic rings. The SMILES string of the molecule is CCC(N)(CC)CNC(=O)C1CC(=O)N(c2cccc(C)c2C)C1. The molecular formula is C19H29N3O2. The molecule has 0 bridgehead atoms. The van der Waals surface area contributed by atoms with E-state index in [4.69, 9.17) is 5.73 Å². The van der Waals surface area contributed by atoms with Crippen LogP contribution in [0.4, 0.5) is 5.69 Å². The van der Waals surface area contributed by atoms with Gasteiger partial charge in [-0.25, -0.2) is 0 Å². The number of carbonyl (C=O) groups is 2. The minimum atomic E-state index is -0.370. The molecule has 5 heteroatoms. The summed E-state index contributed by atoms with van der Waals surface area (Å²) in [6.45, 7) is 8.97. The Kier molecular flexibility index (Phi) is 5.65. The van der Waals surface area contributed by atoms with Crippen LogP contribution < -0.4 is 16.0 Å². The van der Waals surface area contributed by atoms with Gasteiger partial charge in [0.15, 0.2) is 0 Å². The number of hydrogen-bond donors (Lipinski definition) is 2. The number of benzene rings is 1. The summed E-state index contributed by atoms with van der Waals surface area (Å²) in [5.41, 5.74) is 9.00. The molecule has 0 spiro atoms. The fourth-order valence-electron chi connectivity index (χ4n) is 3.05. The highest BCUT2D eigenvalue weighted by molar-refractivity contribution is 6.00. The summed E-state index contributed by atoms with van der Waals surface area (Å²) in [5.74, 6) is -0.378. The number of carbonyl (C=O) groups excluding carboxylic acids is 2. The van der Waals surface area contributed by atoms with Crippen molar-refractivity contribution in [3.63, 3.8) is 0 Å². The third-order valence-corrected chi connectivity index (χ3v) is 5.39. The third kappa shape index (κ3) is 3.78. The molecule has 5 nitrogen and oxygen atoms in total. The lowest BCUT2D eigenvalue weighted by Crippen LogP contribution is -2.50. The molecule has 1 aromatic rings. The minimum Gasteiger partial charge on any atom is -0.354 e. The van der Waals surface area contributed by atoms with Crippen LogP contribution in [-0.4, -0.2) is 30.4 Å². The van der Waals surface area contributed by atoms with Gasteiger partial charge >= 0.3 is 0 Å². The van der Waals surface area contributed by atoms with Gasteiger partial charge in [-0.1, -0.05) is 26.0 Å². The molecule has 1 saturated heterocycles. The Hall–Kier alpha value is -1.88. The van der Waals surface area contributed by atoms with E-state index in [2.05, 4.69) is 5.32 Å². The quantitative estimate of drug-likeness (QED) is 0.840. The largest absolute Gasteiger partial charge is 0.354 e. The van der Waals surface area contributed by atoms with Gasteiger partial charge in [0.25, 0.3) is 0 Å². The number of nitrogens with one attached hydrogen (secondary N) is 1. The maximum Gasteiger partial charge on any atom is 0.227 e. The Balaban J connectivity index is 2.04. The Bertz CT molecular complexity index is 623. The van der Waals surface area contributed by atoms with Crippen molar-refractivity contribution in [1.82, 2.24) is 5.32 Å². The van der Waals surface area contributed by atoms with Crippen molar-refractivity contribution in [3.8, 4) is 0 Å². The molecule has 3 N–H and O–H groups in total. The number of aryl methyl sites for hydroxylation is 1. The lowest BCUT2D eigenvalue weighted by molar-refractivity contribution is -0.126. The molecule has 132 valence electrons. The Morgan fingerprint density at radius 3 is 2.62 bits per heavy atom. The minimum absolute atomic E-state index is 0.00819. The standard InChI is InChI=1S/C19H29N3O2/c1-5-19(20,6-2)12-21-18(24)15-10-17(23)22(11-15)16-9-7-8-13(3)14(16)4/h7-9,15H,5-6,10-12,20H2,1-4H3,(H,21,24). The van der Waals surface area contributed by atoms with Gasteiger partial charge in [0.05, 0.1) is 5.92 Å². The Labute approximate surface area is 144 Å². The number of nitrogens with zero attached hydrogens (tertiary/aromatic N) is 1. The van der Waals surface area contributed by atoms with Crippen molar-refractivity contribution < 1.29 is 9.59 Å². The van der Waals surface area contributed by atoms with Crippen molar-refractivity contribution in [3.05, 3.63) is 29.3 Å². The molecule has 0 aromatic heterocycles. The van der Waals surface area contributed by atoms with E-state index in [0.29, 0.717) is 13.1 Å². The van der Waals surface area contributed by atoms with Gasteiger partial charge in [-0.3, -0.25) is 9.59 Å². The van der Waals surface area contributed by atoms with Crippen LogP contribution in [0.25, 0.3) is 0 Å². The van der Waals surface area contributed by atoms with E-state index in [1.54, 1.807) is 4.90 Å². The van der Waals surface area contributed by atoms with E-state index < -0.39 is 0 Å². The van der Waals surface area contributed by atoms with E-state index in [1.807, 2.05) is 45.9 Å². The maximum absolute atomic E-state index is 12.5. The zero-order chi connectivity index (χ0) is 17.9. The van der Waals surface area contributed by atoms with Crippen molar-refractivity contribution in [2.75, 3.05) is 18.0 Å². The maximum atomic E-state index is 12.5. The first-order valence-corrected chi connectivity index (χ1v) is 8.74. The van der Waals surface area contributed by atoms with Crippen LogP contribution in [-0.2, 0) is 9.59 Å². The molecule has 1 aliphatic heterocycles. The summed E-state index contributed by atoms with van der Waals surface area (Å²) in [5, 5.41) is 2.94. The molecule has 1 heterocycles. The molecule has 24 heavy (non-hydrogen) atoms. The molecule has 1 atom stereocenters. The second-order valence-corrected chi connectivity index (χ2v) is 6.91. The topological polar surface area (TPSA) is 75.4 Å². The van der Waals surface area contributed by atoms with Crippen LogP contribution in [0.1, 0.15) is 44.2 Å². The molecule has 1 unspecified atom stereocenters. The number of hydrogen-bond acceptors (Lipinski definition) is 3. The van der Waals surface area contributed by atoms with E-state index >= 15 is 0 Å². The number of rotatable bonds is 6. The number of anilines is 1. The van der Waals surface area contributed by atoms with Gasteiger partial charge < -0.3 is 16.0 Å². The van der Waals surface area contributed by atoms with Gasteiger partial charge in [0.1, 0.15) is 0 Å². The van der Waals surface area contributed by atoms with Crippen LogP contribution in [0.3, 0.4) is 0 Å². The van der Waals surface area contributed by atoms with E-state index in [9.17, 15) is 9.59 Å². The molecule has 0 aliphatic carbocycles. The zero-order valence-electron chi connectivity index (χ0n) is 15.2. The third-order valence-electron chi connectivity index (χ3n) is 5.39. The first kappa shape index (κ1) is 18.5. The highest BCUT2D eigenvalue weighted by Crippen LogP contribution is 2.29. The van der Waals surface area contributed by atoms with Crippen LogP contribution in [0.15, 0.2) is 18.2 Å². The first-order chi connectivity index (χ1) is 11.3. The molecule has 1 fully saturated rings. The fourth-order valence-corrected chi connectivity index (χ4v) is 3.05. The van der Waals surface area contributed by atoms with Gasteiger partial charge in [-0.15, -0.1) is 0 Å². The van der Waals surface area contributed by atoms with Gasteiger partial charge in [0.2, 0.25) is 11.8 Å². The van der Waals surface area contributed by atoms with Gasteiger partial charge in [-0.05, 0) is 43.9 Å². The van der Waals surface area contributed by atoms with Crippen LogP contribution >= 0.6 is 0 Å². The van der Waals surface area contributed by atoms with Crippen LogP contribution in [0, 0.1) is 19.8 Å². The average Bonchev–Trinajstić information content (AvgIpc) is 2.96. The van der Waals surface area contributed by atoms with Crippen molar-refractivity contribution >= 4 is 17.5 Å². The predicted molar refractivity (Wildman–Crippen MR) is 96.9 cm³/mol. The highest BCUT2D eigenvalue weighted by Gasteiger charge is 2.36. The smallest absolute Gasteiger partial charge is 0.227 e. The molecule has 2 amide bonds. The van der Waals surface area contributed by atoms with Crippen molar-refractivity contribution in [2.45, 2.75) is 52.5 Å². The fraction of sp³-hybridized carbons (Fsp3) is 0.579. The van der Waals surface area contributed by atoms with Crippen molar-refractivity contribution in [1.29, 1.82) is 0 Å². The van der Waals surface area contributed by atoms with Gasteiger partial charge in [-0.2, -0.15) is 0 Å². The van der Waals surface area contributed by atoms with E-state index in [-0.39, 0.29) is 29.7 Å². The predicted octanol–water partition coefficient (Wildman–Crippen LogP) is 2.29. The molecule has 1 aromatic carbocycles. The second kappa shape index (κ2) is 7.34. The summed E-state index contributed by atoms with van der Waals surface area (Å²) in [6.07, 6.45) is 1.87.